The van der Waals surface area contributed by atoms with Crippen LogP contribution in [0.1, 0.15) is 41.6 Å². The van der Waals surface area contributed by atoms with Crippen LogP contribution in [0.15, 0.2) is 60.8 Å². The van der Waals surface area contributed by atoms with Crippen LogP contribution < -0.4 is 15.0 Å². The summed E-state index contributed by atoms with van der Waals surface area (Å²) < 4.78 is 6.07. The van der Waals surface area contributed by atoms with Crippen LogP contribution in [0.5, 0.6) is 5.75 Å². The number of benzene rings is 2. The zero-order valence-corrected chi connectivity index (χ0v) is 18.7. The second-order valence-electron chi connectivity index (χ2n) is 9.92. The van der Waals surface area contributed by atoms with Gasteiger partial charge in [-0.25, -0.2) is 9.97 Å². The minimum absolute atomic E-state index is 0.165. The van der Waals surface area contributed by atoms with Crippen molar-refractivity contribution in [2.45, 2.75) is 38.2 Å². The van der Waals surface area contributed by atoms with Gasteiger partial charge in [-0.2, -0.15) is 0 Å². The number of rotatable bonds is 6. The average molecular weight is 427 g/mol. The molecule has 1 aromatic heterocycles. The van der Waals surface area contributed by atoms with E-state index in [1.54, 1.807) is 0 Å². The van der Waals surface area contributed by atoms with Gasteiger partial charge >= 0.3 is 0 Å². The van der Waals surface area contributed by atoms with E-state index in [1.807, 2.05) is 12.3 Å². The van der Waals surface area contributed by atoms with E-state index >= 15 is 0 Å². The Labute approximate surface area is 189 Å². The maximum absolute atomic E-state index is 6.07. The van der Waals surface area contributed by atoms with E-state index in [9.17, 15) is 0 Å². The molecule has 2 aliphatic heterocycles. The predicted molar refractivity (Wildman–Crippen MR) is 126 cm³/mol. The van der Waals surface area contributed by atoms with Crippen LogP contribution in [0.4, 0.5) is 5.95 Å². The maximum Gasteiger partial charge on any atom is 0.225 e. The van der Waals surface area contributed by atoms with Gasteiger partial charge in [0.2, 0.25) is 5.95 Å². The number of aromatic nitrogens is 2. The van der Waals surface area contributed by atoms with Crippen LogP contribution in [0.25, 0.3) is 0 Å². The first-order valence-corrected chi connectivity index (χ1v) is 11.7. The number of nitrogens with one attached hydrogen (secondary N) is 1. The van der Waals surface area contributed by atoms with E-state index in [-0.39, 0.29) is 5.41 Å². The van der Waals surface area contributed by atoms with Gasteiger partial charge in [0.25, 0.3) is 0 Å². The van der Waals surface area contributed by atoms with Crippen molar-refractivity contribution in [1.29, 1.82) is 0 Å². The van der Waals surface area contributed by atoms with Crippen molar-refractivity contribution in [1.82, 2.24) is 15.3 Å². The van der Waals surface area contributed by atoms with Crippen LogP contribution in [0.3, 0.4) is 0 Å². The van der Waals surface area contributed by atoms with Gasteiger partial charge in [0.05, 0.1) is 5.69 Å². The Morgan fingerprint density at radius 3 is 2.22 bits per heavy atom. The summed E-state index contributed by atoms with van der Waals surface area (Å²) in [4.78, 5) is 11.5. The quantitative estimate of drug-likeness (QED) is 0.639. The topological polar surface area (TPSA) is 50.3 Å². The number of aryl methyl sites for hydroxylation is 1. The first-order chi connectivity index (χ1) is 15.6. The summed E-state index contributed by atoms with van der Waals surface area (Å²) in [5.74, 6) is 1.71. The highest BCUT2D eigenvalue weighted by Gasteiger charge is 2.48. The van der Waals surface area contributed by atoms with Crippen molar-refractivity contribution >= 4 is 5.95 Å². The number of hydrogen-bond donors (Lipinski definition) is 1. The van der Waals surface area contributed by atoms with Crippen molar-refractivity contribution in [3.05, 3.63) is 83.2 Å². The molecule has 3 aliphatic rings. The molecule has 5 heteroatoms. The third-order valence-electron chi connectivity index (χ3n) is 7.64. The lowest BCUT2D eigenvalue weighted by Crippen LogP contribution is -2.71. The Balaban J connectivity index is 1.11. The number of ether oxygens (including phenoxy) is 1. The van der Waals surface area contributed by atoms with Crippen molar-refractivity contribution in [3.63, 3.8) is 0 Å². The summed E-state index contributed by atoms with van der Waals surface area (Å²) in [7, 11) is 0. The molecule has 3 fully saturated rings. The molecule has 2 saturated heterocycles. The van der Waals surface area contributed by atoms with Crippen LogP contribution >= 0.6 is 0 Å². The van der Waals surface area contributed by atoms with Gasteiger partial charge in [-0.1, -0.05) is 48.4 Å². The molecular formula is C27H30N4O. The Kier molecular flexibility index (Phi) is 4.68. The molecule has 0 unspecified atom stereocenters. The fraction of sp³-hybridized carbons (Fsp3) is 0.407. The molecule has 32 heavy (non-hydrogen) atoms. The van der Waals surface area contributed by atoms with Crippen molar-refractivity contribution < 1.29 is 4.74 Å². The molecule has 0 atom stereocenters. The molecular weight excluding hydrogens is 396 g/mol. The summed E-state index contributed by atoms with van der Waals surface area (Å²) in [6.45, 7) is 6.94. The predicted octanol–water partition coefficient (Wildman–Crippen LogP) is 4.24. The number of anilines is 1. The van der Waals surface area contributed by atoms with Gasteiger partial charge < -0.3 is 15.0 Å². The second-order valence-corrected chi connectivity index (χ2v) is 9.92. The molecule has 1 saturated carbocycles. The molecule has 1 N–H and O–H groups in total. The highest BCUT2D eigenvalue weighted by molar-refractivity contribution is 5.44. The summed E-state index contributed by atoms with van der Waals surface area (Å²) >= 11 is 0. The lowest BCUT2D eigenvalue weighted by molar-refractivity contribution is 0.119. The summed E-state index contributed by atoms with van der Waals surface area (Å²) in [6, 6.07) is 19.7. The van der Waals surface area contributed by atoms with Gasteiger partial charge in [-0.15, -0.1) is 0 Å². The molecule has 3 aromatic rings. The lowest BCUT2D eigenvalue weighted by atomic mass is 9.60. The average Bonchev–Trinajstić information content (AvgIpc) is 2.72. The molecule has 1 spiro atoms. The van der Waals surface area contributed by atoms with Gasteiger partial charge in [-0.3, -0.25) is 0 Å². The zero-order chi connectivity index (χ0) is 21.6. The van der Waals surface area contributed by atoms with Crippen molar-refractivity contribution in [2.75, 3.05) is 31.1 Å². The van der Waals surface area contributed by atoms with Crippen LogP contribution in [0, 0.1) is 12.3 Å². The molecule has 2 aromatic carbocycles. The van der Waals surface area contributed by atoms with Gasteiger partial charge in [0.1, 0.15) is 12.4 Å². The van der Waals surface area contributed by atoms with Gasteiger partial charge in [0, 0.05) is 43.2 Å². The molecule has 3 heterocycles. The fourth-order valence-electron chi connectivity index (χ4n) is 5.40. The van der Waals surface area contributed by atoms with Crippen molar-refractivity contribution in [2.24, 2.45) is 5.41 Å². The second kappa shape index (κ2) is 7.59. The van der Waals surface area contributed by atoms with E-state index in [0.29, 0.717) is 12.0 Å². The summed E-state index contributed by atoms with van der Waals surface area (Å²) in [6.07, 6.45) is 5.56. The monoisotopic (exact) mass is 426 g/mol. The highest BCUT2D eigenvalue weighted by atomic mass is 16.5. The number of nitrogens with zero attached hydrogens (tertiary/aromatic N) is 3. The van der Waals surface area contributed by atoms with E-state index in [4.69, 9.17) is 9.72 Å². The third-order valence-corrected chi connectivity index (χ3v) is 7.64. The summed E-state index contributed by atoms with van der Waals surface area (Å²) in [5.41, 5.74) is 5.69. The number of hydrogen-bond acceptors (Lipinski definition) is 5. The standard InChI is InChI=1S/C27H30N4O/c1-20-3-5-21(6-4-20)27(12-2-13-27)22-7-9-24(10-8-22)32-15-23-11-14-29-25(30-23)31-18-26(19-31)16-28-17-26/h3-11,14,28H,2,12-13,15-19H2,1H3. The van der Waals surface area contributed by atoms with Crippen molar-refractivity contribution in [3.8, 4) is 5.75 Å². The Hall–Kier alpha value is -2.92. The molecule has 0 radical (unpaired) electrons. The molecule has 6 rings (SSSR count). The first-order valence-electron chi connectivity index (χ1n) is 11.7. The zero-order valence-electron chi connectivity index (χ0n) is 18.7. The smallest absolute Gasteiger partial charge is 0.225 e. The van der Waals surface area contributed by atoms with Crippen LogP contribution in [-0.2, 0) is 12.0 Å². The van der Waals surface area contributed by atoms with E-state index in [2.05, 4.69) is 70.7 Å². The third kappa shape index (κ3) is 3.36. The molecule has 0 amide bonds. The maximum atomic E-state index is 6.07. The minimum atomic E-state index is 0.165. The molecule has 1 aliphatic carbocycles. The van der Waals surface area contributed by atoms with Gasteiger partial charge in [-0.05, 0) is 49.1 Å². The van der Waals surface area contributed by atoms with E-state index in [0.717, 1.165) is 43.6 Å². The highest BCUT2D eigenvalue weighted by Crippen LogP contribution is 2.49. The van der Waals surface area contributed by atoms with Gasteiger partial charge in [0.15, 0.2) is 0 Å². The molecule has 5 nitrogen and oxygen atoms in total. The Morgan fingerprint density at radius 1 is 0.938 bits per heavy atom. The molecule has 0 bridgehead atoms. The minimum Gasteiger partial charge on any atom is -0.487 e. The fourth-order valence-corrected chi connectivity index (χ4v) is 5.40. The molecule has 164 valence electrons. The van der Waals surface area contributed by atoms with Crippen LogP contribution in [-0.4, -0.2) is 36.1 Å². The SMILES string of the molecule is Cc1ccc(C2(c3ccc(OCc4ccnc(N5CC6(CNC6)C5)n4)cc3)CCC2)cc1. The Bertz CT molecular complexity index is 1090. The summed E-state index contributed by atoms with van der Waals surface area (Å²) in [5, 5.41) is 3.37. The van der Waals surface area contributed by atoms with E-state index < -0.39 is 0 Å². The van der Waals surface area contributed by atoms with Crippen LogP contribution in [0.2, 0.25) is 0 Å². The van der Waals surface area contributed by atoms with E-state index in [1.165, 1.54) is 36.0 Å². The first kappa shape index (κ1) is 19.7. The normalized spacial score (nSPS) is 20.2. The lowest BCUT2D eigenvalue weighted by Gasteiger charge is -2.56. The largest absolute Gasteiger partial charge is 0.487 e. The Morgan fingerprint density at radius 2 is 1.62 bits per heavy atom.